The first kappa shape index (κ1) is 88.5. The summed E-state index contributed by atoms with van der Waals surface area (Å²) in [6, 6.07) is 32.1. The van der Waals surface area contributed by atoms with Crippen LogP contribution in [0.25, 0.3) is 132 Å². The first-order chi connectivity index (χ1) is 53.1. The molecule has 0 unspecified atom stereocenters. The number of aryl methyl sites for hydroxylation is 11. The molecule has 0 amide bonds. The Kier molecular flexibility index (Phi) is 29.3. The first-order valence-electron chi connectivity index (χ1n) is 34.5. The molecule has 5 radical (unpaired) electrons. The molecule has 26 nitrogen and oxygen atoms in total. The number of oxazole rings is 1. The van der Waals surface area contributed by atoms with Crippen LogP contribution < -0.4 is 4.52 Å². The van der Waals surface area contributed by atoms with Crippen LogP contribution in [0, 0.1) is 112 Å². The van der Waals surface area contributed by atoms with E-state index in [9.17, 15) is 4.39 Å². The van der Waals surface area contributed by atoms with Crippen LogP contribution in [0.2, 0.25) is 0 Å². The van der Waals surface area contributed by atoms with Crippen LogP contribution in [0.15, 0.2) is 118 Å². The number of hydrogen-bond acceptors (Lipinski definition) is 27. The molecule has 19 rings (SSSR count). The van der Waals surface area contributed by atoms with Crippen molar-refractivity contribution < 1.29 is 118 Å². The second-order valence-corrected chi connectivity index (χ2v) is 31.5. The number of aromatic nitrogens is 24. The first-order valence-corrected chi connectivity index (χ1v) is 38.6. The number of nitrogens with zero attached hydrogens (tertiary/aromatic N) is 24. The van der Waals surface area contributed by atoms with E-state index in [2.05, 4.69) is 252 Å². The van der Waals surface area contributed by atoms with Gasteiger partial charge in [0.25, 0.3) is 5.26 Å². The van der Waals surface area contributed by atoms with Gasteiger partial charge in [-0.1, -0.05) is 111 Å². The third-order valence-corrected chi connectivity index (χ3v) is 21.5. The van der Waals surface area contributed by atoms with E-state index in [1.807, 2.05) is 87.8 Å². The molecule has 0 aliphatic carbocycles. The van der Waals surface area contributed by atoms with Gasteiger partial charge in [-0.15, -0.1) is 66.5 Å². The molecule has 15 heterocycles. The van der Waals surface area contributed by atoms with E-state index in [-0.39, 0.29) is 106 Å². The van der Waals surface area contributed by atoms with Gasteiger partial charge in [-0.3, -0.25) is 19.9 Å². The average molecular weight is 2510 g/mol. The number of fused-ring (bicyclic) bond motifs is 6. The topological polar surface area (TPSA) is 303 Å². The minimum absolute atomic E-state index is 0. The number of benzene rings is 4. The molecule has 0 aliphatic rings. The monoisotopic (exact) mass is 2510 g/mol. The largest absolute Gasteiger partial charge is 0.483 e. The molecule has 115 heavy (non-hydrogen) atoms. The second kappa shape index (κ2) is 38.0. The second-order valence-electron chi connectivity index (χ2n) is 26.1. The predicted octanol–water partition coefficient (Wildman–Crippen LogP) is 16.8. The Hall–Kier alpha value is -8.85. The van der Waals surface area contributed by atoms with Crippen molar-refractivity contribution in [3.8, 4) is 73.5 Å². The fourth-order valence-corrected chi connectivity index (χ4v) is 16.1. The molecule has 595 valence electrons. The molecule has 0 aliphatic heterocycles. The Morgan fingerprint density at radius 3 is 1.88 bits per heavy atom. The van der Waals surface area contributed by atoms with E-state index in [4.69, 9.17) is 8.83 Å². The van der Waals surface area contributed by atoms with E-state index in [0.717, 1.165) is 125 Å². The number of pyridine rings is 3. The summed E-state index contributed by atoms with van der Waals surface area (Å²) in [4.78, 5) is 49.1. The molecule has 37 heteroatoms. The maximum absolute atomic E-state index is 13.5. The van der Waals surface area contributed by atoms with Crippen LogP contribution in [0.4, 0.5) is 4.39 Å². The summed E-state index contributed by atoms with van der Waals surface area (Å²) in [7, 11) is 0. The molecule has 19 aromatic rings. The van der Waals surface area contributed by atoms with Crippen LogP contribution in [0.1, 0.15) is 111 Å². The van der Waals surface area contributed by atoms with E-state index in [1.54, 1.807) is 39.0 Å². The van der Waals surface area contributed by atoms with Crippen molar-refractivity contribution in [1.82, 2.24) is 114 Å². The predicted molar refractivity (Wildman–Crippen MR) is 422 cm³/mol. The fraction of sp³-hybridized carbons (Fsp3) is 0.218. The quantitative estimate of drug-likeness (QED) is 0.0907. The van der Waals surface area contributed by atoms with E-state index in [1.165, 1.54) is 56.9 Å². The van der Waals surface area contributed by atoms with E-state index < -0.39 is 5.26 Å². The maximum Gasteiger partial charge on any atom is 0.301 e. The number of hydrogen-bond donors (Lipinski definition) is 0. The van der Waals surface area contributed by atoms with E-state index in [0.29, 0.717) is 68.4 Å². The molecule has 0 bridgehead atoms. The molecular weight excluding hydrogens is 2450 g/mol. The molecular formula is C78H65FIr5N24O2S5-4. The summed E-state index contributed by atoms with van der Waals surface area (Å²) in [6.07, 6.45) is 16.5. The van der Waals surface area contributed by atoms with Crippen molar-refractivity contribution in [3.63, 3.8) is 0 Å². The van der Waals surface area contributed by atoms with Gasteiger partial charge in [-0.2, -0.15) is 75.2 Å². The van der Waals surface area contributed by atoms with Crippen molar-refractivity contribution in [2.24, 2.45) is 0 Å². The summed E-state index contributed by atoms with van der Waals surface area (Å²) in [6.45, 7) is 31.1. The number of rotatable bonds is 10. The summed E-state index contributed by atoms with van der Waals surface area (Å²) in [5.41, 5.74) is 22.7. The van der Waals surface area contributed by atoms with Crippen LogP contribution in [0.5, 0.6) is 0 Å². The molecule has 4 aromatic carbocycles. The van der Waals surface area contributed by atoms with E-state index >= 15 is 0 Å². The van der Waals surface area contributed by atoms with Gasteiger partial charge < -0.3 is 37.9 Å². The fourth-order valence-electron chi connectivity index (χ4n) is 12.8. The summed E-state index contributed by atoms with van der Waals surface area (Å²) < 4.78 is 33.1. The zero-order valence-electron chi connectivity index (χ0n) is 63.7. The Morgan fingerprint density at radius 1 is 0.522 bits per heavy atom. The normalized spacial score (nSPS) is 10.9. The van der Waals surface area contributed by atoms with Crippen LogP contribution in [-0.4, -0.2) is 114 Å². The smallest absolute Gasteiger partial charge is 0.301 e. The van der Waals surface area contributed by atoms with Gasteiger partial charge in [0.15, 0.2) is 29.7 Å². The molecule has 0 saturated heterocycles. The SMILES string of the molecule is Cc1cc(C)c(-n2cnnc2-c2[c-]cc3sc(C)nc3c2C)c(C)c1.Cc1cccc(C)c1-n1c(-c2[c-]nc3sc(F)nc3n2)n[n+]2ccccc12.Cc1nc2cc(-c3nnc(C)n3-c3c(C(C)C)cccc3C(C)C)[c-]nc2o1.Cc1nc2cc(-c3nncs3)[c-]nc2s1.Cc1nc2nc(-c3nnco3)[c-]nc2s1.[Ir].[Ir].[Ir].[Ir].[Ir]. The Bertz CT molecular complexity index is 6430. The van der Waals surface area contributed by atoms with Crippen molar-refractivity contribution in [2.45, 2.75) is 116 Å². The van der Waals surface area contributed by atoms with Gasteiger partial charge in [-0.25, -0.2) is 19.5 Å². The Morgan fingerprint density at radius 2 is 1.17 bits per heavy atom. The van der Waals surface area contributed by atoms with Crippen molar-refractivity contribution >= 4 is 115 Å². The minimum atomic E-state index is -0.562. The third kappa shape index (κ3) is 18.8. The summed E-state index contributed by atoms with van der Waals surface area (Å²) in [5, 5.41) is 40.4. The van der Waals surface area contributed by atoms with Crippen molar-refractivity contribution in [3.05, 3.63) is 217 Å². The van der Waals surface area contributed by atoms with Gasteiger partial charge >= 0.3 is 5.65 Å². The average Bonchev–Trinajstić information content (AvgIpc) is 1.66. The van der Waals surface area contributed by atoms with Crippen molar-refractivity contribution in [1.29, 1.82) is 0 Å². The Labute approximate surface area is 746 Å². The van der Waals surface area contributed by atoms with Crippen LogP contribution >= 0.6 is 56.7 Å². The van der Waals surface area contributed by atoms with Crippen LogP contribution in [0.3, 0.4) is 0 Å². The molecule has 0 N–H and O–H groups in total. The molecule has 0 atom stereocenters. The molecule has 15 aromatic heterocycles. The Balaban J connectivity index is 0.000000153. The molecule has 0 spiro atoms. The number of para-hydroxylation sites is 2. The summed E-state index contributed by atoms with van der Waals surface area (Å²) >= 11 is 7.07. The number of halogens is 1. The standard InChI is InChI=1S/C22H24N5O.C20H19N4S.C19H13FN6S.C9H5N4S2.C8H4N5OS.5Ir/c1-12(2)17-8-7-9-18(13(3)4)20(17)27-14(5)25-26-21(27)16-10-19-22(23-11-16)28-15(6)24-19;1-11-8-12(2)19(13(3)9-11)24-10-21-23-20(24)16-6-7-17-18(14(16)4)22-15(5)25-17;1-11-6-5-7-12(2)15(11)26-14-8-3-4-9-25(14)24-17(26)13-10-21-18-16(22-13)23-19(20)27-18;1-5-12-7-2-6(3-10-9(7)15-5)8-13-11-4-14-8;1-4-11-6-8(15-4)9-2-5(12-6)7-13-10-3-14-7;;;;;/h7-10,12-13H,1-6H3;7-10H,1-5H3;3-9H,1-2H3;2,4H,1H3;3H,1H3;;;;;/q2*-1;;2*-1;;;;;. The van der Waals surface area contributed by atoms with Crippen LogP contribution in [-0.2, 0) is 101 Å². The summed E-state index contributed by atoms with van der Waals surface area (Å²) in [5.74, 6) is 4.53. The molecule has 0 saturated carbocycles. The third-order valence-electron chi connectivity index (χ3n) is 17.4. The van der Waals surface area contributed by atoms with Gasteiger partial charge in [-0.05, 0) is 143 Å². The minimum Gasteiger partial charge on any atom is -0.483 e. The van der Waals surface area contributed by atoms with Gasteiger partial charge in [0.1, 0.15) is 35.3 Å². The van der Waals surface area contributed by atoms with Gasteiger partial charge in [0.05, 0.1) is 51.7 Å². The van der Waals surface area contributed by atoms with Gasteiger partial charge in [0, 0.05) is 153 Å². The van der Waals surface area contributed by atoms with Crippen molar-refractivity contribution in [2.75, 3.05) is 0 Å². The zero-order valence-corrected chi connectivity index (χ0v) is 79.7. The maximum atomic E-state index is 13.5. The van der Waals surface area contributed by atoms with Gasteiger partial charge in [0.2, 0.25) is 0 Å². The number of thiazole rings is 4. The molecule has 0 fully saturated rings. The zero-order chi connectivity index (χ0) is 76.8.